The van der Waals surface area contributed by atoms with Gasteiger partial charge in [0, 0.05) is 36.8 Å². The molecule has 1 N–H and O–H groups in total. The van der Waals surface area contributed by atoms with Gasteiger partial charge in [-0.25, -0.2) is 9.97 Å². The number of hydrogen-bond donors (Lipinski definition) is 1. The van der Waals surface area contributed by atoms with Crippen molar-refractivity contribution in [2.75, 3.05) is 5.32 Å². The zero-order valence-electron chi connectivity index (χ0n) is 14.8. The van der Waals surface area contributed by atoms with Gasteiger partial charge in [-0.2, -0.15) is 9.61 Å². The van der Waals surface area contributed by atoms with Gasteiger partial charge in [0.15, 0.2) is 5.65 Å². The highest BCUT2D eigenvalue weighted by Crippen LogP contribution is 2.24. The van der Waals surface area contributed by atoms with Crippen LogP contribution in [0, 0.1) is 0 Å². The largest absolute Gasteiger partial charge is 0.363 e. The van der Waals surface area contributed by atoms with Crippen molar-refractivity contribution in [3.63, 3.8) is 0 Å². The monoisotopic (exact) mass is 346 g/mol. The Balaban J connectivity index is 1.65. The number of aromatic nitrogens is 5. The maximum atomic E-state index is 4.63. The molecule has 4 aromatic rings. The average Bonchev–Trinajstić information content (AvgIpc) is 3.37. The molecule has 0 bridgehead atoms. The number of fused-ring (bicyclic) bond motifs is 1. The van der Waals surface area contributed by atoms with Crippen LogP contribution in [0.2, 0.25) is 0 Å². The third-order valence-corrected chi connectivity index (χ3v) is 4.53. The third kappa shape index (κ3) is 3.44. The molecular formula is C20H22N6. The molecule has 26 heavy (non-hydrogen) atoms. The molecule has 0 aliphatic rings. The summed E-state index contributed by atoms with van der Waals surface area (Å²) in [5.41, 5.74) is 3.18. The van der Waals surface area contributed by atoms with E-state index < -0.39 is 0 Å². The van der Waals surface area contributed by atoms with Crippen molar-refractivity contribution < 1.29 is 0 Å². The Kier molecular flexibility index (Phi) is 4.64. The van der Waals surface area contributed by atoms with E-state index in [1.165, 1.54) is 5.56 Å². The summed E-state index contributed by atoms with van der Waals surface area (Å²) in [6, 6.07) is 14.7. The van der Waals surface area contributed by atoms with Crippen LogP contribution < -0.4 is 5.32 Å². The predicted molar refractivity (Wildman–Crippen MR) is 102 cm³/mol. The highest BCUT2D eigenvalue weighted by atomic mass is 15.3. The van der Waals surface area contributed by atoms with Crippen molar-refractivity contribution in [1.82, 2.24) is 24.1 Å². The Morgan fingerprint density at radius 1 is 1.12 bits per heavy atom. The number of imidazole rings is 1. The first-order valence-corrected chi connectivity index (χ1v) is 8.94. The van der Waals surface area contributed by atoms with Crippen molar-refractivity contribution in [1.29, 1.82) is 0 Å². The van der Waals surface area contributed by atoms with Crippen LogP contribution in [0.3, 0.4) is 0 Å². The lowest BCUT2D eigenvalue weighted by molar-refractivity contribution is 0.580. The van der Waals surface area contributed by atoms with E-state index in [2.05, 4.69) is 62.2 Å². The van der Waals surface area contributed by atoms with E-state index in [-0.39, 0.29) is 6.04 Å². The van der Waals surface area contributed by atoms with Gasteiger partial charge in [0.25, 0.3) is 0 Å². The van der Waals surface area contributed by atoms with E-state index in [9.17, 15) is 0 Å². The van der Waals surface area contributed by atoms with Crippen LogP contribution in [0.4, 0.5) is 5.82 Å². The lowest BCUT2D eigenvalue weighted by Crippen LogP contribution is -2.16. The van der Waals surface area contributed by atoms with E-state index >= 15 is 0 Å². The summed E-state index contributed by atoms with van der Waals surface area (Å²) in [5, 5.41) is 8.12. The summed E-state index contributed by atoms with van der Waals surface area (Å²) in [7, 11) is 0. The normalized spacial score (nSPS) is 12.3. The Morgan fingerprint density at radius 3 is 2.77 bits per heavy atom. The molecule has 6 heteroatoms. The SMILES string of the molecule is CCc1cc(N[C@H](CCn2ccnc2)c2ccccc2)n2nccc2n1. The van der Waals surface area contributed by atoms with E-state index in [0.29, 0.717) is 0 Å². The van der Waals surface area contributed by atoms with Gasteiger partial charge in [-0.15, -0.1) is 0 Å². The molecule has 0 amide bonds. The first-order chi connectivity index (χ1) is 12.8. The predicted octanol–water partition coefficient (Wildman–Crippen LogP) is 3.73. The van der Waals surface area contributed by atoms with Gasteiger partial charge >= 0.3 is 0 Å². The van der Waals surface area contributed by atoms with E-state index in [1.54, 1.807) is 6.20 Å². The minimum absolute atomic E-state index is 0.165. The average molecular weight is 346 g/mol. The van der Waals surface area contributed by atoms with Crippen molar-refractivity contribution in [2.45, 2.75) is 32.4 Å². The molecule has 0 radical (unpaired) electrons. The molecule has 0 aliphatic heterocycles. The van der Waals surface area contributed by atoms with Crippen LogP contribution >= 0.6 is 0 Å². The molecule has 1 aromatic carbocycles. The van der Waals surface area contributed by atoms with E-state index in [4.69, 9.17) is 0 Å². The zero-order chi connectivity index (χ0) is 17.8. The molecule has 3 aromatic heterocycles. The number of nitrogens with zero attached hydrogens (tertiary/aromatic N) is 5. The molecule has 0 fully saturated rings. The van der Waals surface area contributed by atoms with Crippen LogP contribution in [0.25, 0.3) is 5.65 Å². The lowest BCUT2D eigenvalue weighted by Gasteiger charge is -2.21. The molecule has 0 unspecified atom stereocenters. The molecule has 0 aliphatic carbocycles. The smallest absolute Gasteiger partial charge is 0.157 e. The van der Waals surface area contributed by atoms with Crippen LogP contribution in [-0.2, 0) is 13.0 Å². The van der Waals surface area contributed by atoms with Crippen molar-refractivity contribution in [2.24, 2.45) is 0 Å². The summed E-state index contributed by atoms with van der Waals surface area (Å²) in [5.74, 6) is 0.969. The summed E-state index contributed by atoms with van der Waals surface area (Å²) in [6.07, 6.45) is 9.28. The van der Waals surface area contributed by atoms with Gasteiger partial charge in [-0.3, -0.25) is 0 Å². The molecule has 3 heterocycles. The molecule has 6 nitrogen and oxygen atoms in total. The highest BCUT2D eigenvalue weighted by molar-refractivity contribution is 5.50. The van der Waals surface area contributed by atoms with Crippen LogP contribution in [0.1, 0.15) is 30.6 Å². The number of anilines is 1. The molecule has 0 saturated heterocycles. The van der Waals surface area contributed by atoms with Crippen molar-refractivity contribution >= 4 is 11.5 Å². The van der Waals surface area contributed by atoms with Gasteiger partial charge in [-0.1, -0.05) is 37.3 Å². The molecule has 0 spiro atoms. The fraction of sp³-hybridized carbons (Fsp3) is 0.250. The maximum Gasteiger partial charge on any atom is 0.157 e. The summed E-state index contributed by atoms with van der Waals surface area (Å²) in [6.45, 7) is 3.01. The lowest BCUT2D eigenvalue weighted by atomic mass is 10.0. The molecule has 1 atom stereocenters. The zero-order valence-corrected chi connectivity index (χ0v) is 14.8. The molecular weight excluding hydrogens is 324 g/mol. The number of rotatable bonds is 7. The number of aryl methyl sites for hydroxylation is 2. The van der Waals surface area contributed by atoms with Crippen molar-refractivity contribution in [3.8, 4) is 0 Å². The number of benzene rings is 1. The first kappa shape index (κ1) is 16.3. The summed E-state index contributed by atoms with van der Waals surface area (Å²) < 4.78 is 3.97. The standard InChI is InChI=1S/C20H22N6/c1-2-17-14-20(26-19(23-17)8-10-22-26)24-18(16-6-4-3-5-7-16)9-12-25-13-11-21-15-25/h3-8,10-11,13-15,18,24H,2,9,12H2,1H3/t18-/m1/s1. The van der Waals surface area contributed by atoms with Crippen LogP contribution in [0.15, 0.2) is 67.4 Å². The van der Waals surface area contributed by atoms with E-state index in [0.717, 1.165) is 36.5 Å². The molecule has 0 saturated carbocycles. The van der Waals surface area contributed by atoms with Gasteiger partial charge in [0.05, 0.1) is 18.6 Å². The Morgan fingerprint density at radius 2 is 2.00 bits per heavy atom. The second kappa shape index (κ2) is 7.39. The highest BCUT2D eigenvalue weighted by Gasteiger charge is 2.14. The topological polar surface area (TPSA) is 60.0 Å². The van der Waals surface area contributed by atoms with Crippen LogP contribution in [-0.4, -0.2) is 24.1 Å². The third-order valence-electron chi connectivity index (χ3n) is 4.53. The number of hydrogen-bond acceptors (Lipinski definition) is 4. The Hall–Kier alpha value is -3.15. The van der Waals surface area contributed by atoms with Crippen molar-refractivity contribution in [3.05, 3.63) is 78.6 Å². The summed E-state index contributed by atoms with van der Waals surface area (Å²) >= 11 is 0. The molecule has 132 valence electrons. The van der Waals surface area contributed by atoms with Gasteiger partial charge in [0.2, 0.25) is 0 Å². The minimum atomic E-state index is 0.165. The quantitative estimate of drug-likeness (QED) is 0.554. The number of nitrogens with one attached hydrogen (secondary N) is 1. The van der Waals surface area contributed by atoms with Gasteiger partial charge < -0.3 is 9.88 Å². The fourth-order valence-corrected chi connectivity index (χ4v) is 3.13. The van der Waals surface area contributed by atoms with E-state index in [1.807, 2.05) is 35.4 Å². The summed E-state index contributed by atoms with van der Waals surface area (Å²) in [4.78, 5) is 8.76. The maximum absolute atomic E-state index is 4.63. The second-order valence-electron chi connectivity index (χ2n) is 6.28. The molecule has 4 rings (SSSR count). The van der Waals surface area contributed by atoms with Gasteiger partial charge in [-0.05, 0) is 18.4 Å². The van der Waals surface area contributed by atoms with Crippen LogP contribution in [0.5, 0.6) is 0 Å². The Labute approximate surface area is 152 Å². The minimum Gasteiger partial charge on any atom is -0.363 e. The Bertz CT molecular complexity index is 959. The first-order valence-electron chi connectivity index (χ1n) is 8.94. The second-order valence-corrected chi connectivity index (χ2v) is 6.28. The fourth-order valence-electron chi connectivity index (χ4n) is 3.13. The van der Waals surface area contributed by atoms with Gasteiger partial charge in [0.1, 0.15) is 5.82 Å².